The van der Waals surface area contributed by atoms with Crippen LogP contribution >= 0.6 is 12.2 Å². The van der Waals surface area contributed by atoms with Crippen LogP contribution in [0.5, 0.6) is 5.75 Å². The maximum absolute atomic E-state index is 12.1. The molecule has 1 amide bonds. The van der Waals surface area contributed by atoms with Crippen LogP contribution in [-0.4, -0.2) is 36.8 Å². The van der Waals surface area contributed by atoms with Gasteiger partial charge in [-0.15, -0.1) is 0 Å². The van der Waals surface area contributed by atoms with Crippen molar-refractivity contribution in [2.45, 2.75) is 12.1 Å². The molecule has 1 aliphatic rings. The van der Waals surface area contributed by atoms with Gasteiger partial charge in [-0.1, -0.05) is 6.07 Å². The fourth-order valence-corrected chi connectivity index (χ4v) is 3.99. The Morgan fingerprint density at radius 3 is 2.81 bits per heavy atom. The second kappa shape index (κ2) is 9.15. The molecule has 3 heterocycles. The zero-order valence-electron chi connectivity index (χ0n) is 17.1. The predicted molar refractivity (Wildman–Crippen MR) is 120 cm³/mol. The zero-order valence-corrected chi connectivity index (χ0v) is 17.9. The number of benzene rings is 1. The molecule has 2 aromatic heterocycles. The molecule has 0 aliphatic carbocycles. The standard InChI is InChI=1S/C22H22N4O4S/c1-28-13-19(27)24-16-12-14(8-9-17(16)29-2)26-21(18-7-5-11-30-18)20(25-22(26)31)15-6-3-4-10-23-15/h3-12,20-21H,13H2,1-2H3,(H,24,27)(H,25,31)/t20-,21-/m1/s1. The van der Waals surface area contributed by atoms with Gasteiger partial charge in [0.25, 0.3) is 0 Å². The average molecular weight is 439 g/mol. The SMILES string of the molecule is COCC(=O)Nc1cc(N2C(=S)N[C@H](c3ccccn3)[C@H]2c2ccco2)ccc1OC. The lowest BCUT2D eigenvalue weighted by Crippen LogP contribution is -2.29. The molecule has 1 fully saturated rings. The first-order chi connectivity index (χ1) is 15.1. The maximum Gasteiger partial charge on any atom is 0.250 e. The van der Waals surface area contributed by atoms with Crippen LogP contribution in [0.1, 0.15) is 23.5 Å². The average Bonchev–Trinajstić information content (AvgIpc) is 3.42. The molecule has 160 valence electrons. The first kappa shape index (κ1) is 20.8. The molecule has 3 aromatic rings. The van der Waals surface area contributed by atoms with Gasteiger partial charge >= 0.3 is 0 Å². The zero-order chi connectivity index (χ0) is 21.8. The van der Waals surface area contributed by atoms with E-state index in [1.807, 2.05) is 47.4 Å². The van der Waals surface area contributed by atoms with E-state index in [1.165, 1.54) is 7.11 Å². The highest BCUT2D eigenvalue weighted by Gasteiger charge is 2.42. The number of carbonyl (C=O) groups excluding carboxylic acids is 1. The van der Waals surface area contributed by atoms with E-state index in [1.54, 1.807) is 25.6 Å². The Balaban J connectivity index is 1.75. The normalized spacial score (nSPS) is 18.0. The molecular weight excluding hydrogens is 416 g/mol. The highest BCUT2D eigenvalue weighted by Crippen LogP contribution is 2.43. The highest BCUT2D eigenvalue weighted by molar-refractivity contribution is 7.80. The van der Waals surface area contributed by atoms with Crippen molar-refractivity contribution in [1.29, 1.82) is 0 Å². The Morgan fingerprint density at radius 2 is 2.13 bits per heavy atom. The number of nitrogens with zero attached hydrogens (tertiary/aromatic N) is 2. The Labute approximate surface area is 185 Å². The van der Waals surface area contributed by atoms with Gasteiger partial charge in [-0.25, -0.2) is 0 Å². The summed E-state index contributed by atoms with van der Waals surface area (Å²) in [5.41, 5.74) is 2.13. The fourth-order valence-electron chi connectivity index (χ4n) is 3.64. The second-order valence-electron chi connectivity index (χ2n) is 6.88. The lowest BCUT2D eigenvalue weighted by atomic mass is 10.0. The highest BCUT2D eigenvalue weighted by atomic mass is 32.1. The third-order valence-electron chi connectivity index (χ3n) is 4.94. The Kier molecular flexibility index (Phi) is 6.15. The first-order valence-corrected chi connectivity index (χ1v) is 10.0. The molecule has 8 nitrogen and oxygen atoms in total. The molecule has 1 aromatic carbocycles. The molecule has 0 spiro atoms. The summed E-state index contributed by atoms with van der Waals surface area (Å²) in [6.07, 6.45) is 3.38. The summed E-state index contributed by atoms with van der Waals surface area (Å²) < 4.78 is 16.1. The van der Waals surface area contributed by atoms with Gasteiger partial charge in [0.15, 0.2) is 5.11 Å². The van der Waals surface area contributed by atoms with Crippen molar-refractivity contribution in [3.05, 3.63) is 72.4 Å². The lowest BCUT2D eigenvalue weighted by Gasteiger charge is -2.26. The van der Waals surface area contributed by atoms with Crippen LogP contribution in [0.3, 0.4) is 0 Å². The van der Waals surface area contributed by atoms with Crippen molar-refractivity contribution in [3.63, 3.8) is 0 Å². The number of anilines is 2. The van der Waals surface area contributed by atoms with Crippen LogP contribution < -0.4 is 20.3 Å². The Morgan fingerprint density at radius 1 is 1.26 bits per heavy atom. The van der Waals surface area contributed by atoms with Gasteiger partial charge in [-0.05, 0) is 54.7 Å². The summed E-state index contributed by atoms with van der Waals surface area (Å²) in [5.74, 6) is 0.986. The number of pyridine rings is 1. The monoisotopic (exact) mass is 438 g/mol. The minimum Gasteiger partial charge on any atom is -0.495 e. The number of amides is 1. The molecule has 0 bridgehead atoms. The molecule has 0 unspecified atom stereocenters. The number of methoxy groups -OCH3 is 2. The van der Waals surface area contributed by atoms with E-state index in [0.717, 1.165) is 17.1 Å². The summed E-state index contributed by atoms with van der Waals surface area (Å²) in [5, 5.41) is 6.71. The van der Waals surface area contributed by atoms with Crippen LogP contribution in [0.2, 0.25) is 0 Å². The van der Waals surface area contributed by atoms with Gasteiger partial charge in [0.1, 0.15) is 24.2 Å². The molecule has 1 saturated heterocycles. The molecule has 2 N–H and O–H groups in total. The summed E-state index contributed by atoms with van der Waals surface area (Å²) in [4.78, 5) is 18.6. The summed E-state index contributed by atoms with van der Waals surface area (Å²) >= 11 is 5.69. The number of nitrogens with one attached hydrogen (secondary N) is 2. The third-order valence-corrected chi connectivity index (χ3v) is 5.26. The molecule has 2 atom stereocenters. The Bertz CT molecular complexity index is 1060. The molecule has 0 saturated carbocycles. The second-order valence-corrected chi connectivity index (χ2v) is 7.26. The molecular formula is C22H22N4O4S. The van der Waals surface area contributed by atoms with Crippen LogP contribution in [0.15, 0.2) is 65.4 Å². The van der Waals surface area contributed by atoms with E-state index < -0.39 is 0 Å². The van der Waals surface area contributed by atoms with E-state index in [4.69, 9.17) is 26.1 Å². The smallest absolute Gasteiger partial charge is 0.250 e. The largest absolute Gasteiger partial charge is 0.495 e. The van der Waals surface area contributed by atoms with E-state index in [2.05, 4.69) is 15.6 Å². The molecule has 9 heteroatoms. The minimum absolute atomic E-state index is 0.0617. The number of hydrogen-bond acceptors (Lipinski definition) is 6. The van der Waals surface area contributed by atoms with Crippen molar-refractivity contribution < 1.29 is 18.7 Å². The van der Waals surface area contributed by atoms with Crippen molar-refractivity contribution in [2.75, 3.05) is 31.0 Å². The topological polar surface area (TPSA) is 88.9 Å². The van der Waals surface area contributed by atoms with E-state index in [-0.39, 0.29) is 24.6 Å². The predicted octanol–water partition coefficient (Wildman–Crippen LogP) is 3.45. The van der Waals surface area contributed by atoms with E-state index >= 15 is 0 Å². The number of aromatic nitrogens is 1. The van der Waals surface area contributed by atoms with Crippen LogP contribution in [0.25, 0.3) is 0 Å². The first-order valence-electron chi connectivity index (χ1n) is 9.63. The molecule has 1 aliphatic heterocycles. The minimum atomic E-state index is -0.283. The Hall–Kier alpha value is -3.43. The van der Waals surface area contributed by atoms with Crippen molar-refractivity contribution in [3.8, 4) is 5.75 Å². The third kappa shape index (κ3) is 4.23. The summed E-state index contributed by atoms with van der Waals surface area (Å²) in [6.45, 7) is -0.0617. The lowest BCUT2D eigenvalue weighted by molar-refractivity contribution is -0.119. The number of rotatable bonds is 7. The fraction of sp³-hybridized carbons (Fsp3) is 0.227. The van der Waals surface area contributed by atoms with Crippen molar-refractivity contribution >= 4 is 34.6 Å². The van der Waals surface area contributed by atoms with Gasteiger partial charge in [0.05, 0.1) is 30.8 Å². The number of furan rings is 1. The van der Waals surface area contributed by atoms with Gasteiger partial charge in [0, 0.05) is 19.0 Å². The molecule has 0 radical (unpaired) electrons. The molecule has 31 heavy (non-hydrogen) atoms. The number of hydrogen-bond donors (Lipinski definition) is 2. The van der Waals surface area contributed by atoms with Crippen molar-refractivity contribution in [2.24, 2.45) is 0 Å². The quantitative estimate of drug-likeness (QED) is 0.543. The maximum atomic E-state index is 12.1. The number of carbonyl (C=O) groups is 1. The van der Waals surface area contributed by atoms with Crippen molar-refractivity contribution in [1.82, 2.24) is 10.3 Å². The van der Waals surface area contributed by atoms with Gasteiger partial charge in [-0.2, -0.15) is 0 Å². The van der Waals surface area contributed by atoms with E-state index in [9.17, 15) is 4.79 Å². The summed E-state index contributed by atoms with van der Waals surface area (Å²) in [6, 6.07) is 14.5. The van der Waals surface area contributed by atoms with Crippen LogP contribution in [0.4, 0.5) is 11.4 Å². The van der Waals surface area contributed by atoms with Gasteiger partial charge in [-0.3, -0.25) is 9.78 Å². The van der Waals surface area contributed by atoms with Crippen LogP contribution in [0, 0.1) is 0 Å². The summed E-state index contributed by atoms with van der Waals surface area (Å²) in [7, 11) is 3.01. The van der Waals surface area contributed by atoms with E-state index in [0.29, 0.717) is 16.5 Å². The number of thiocarbonyl (C=S) groups is 1. The van der Waals surface area contributed by atoms with Gasteiger partial charge in [0.2, 0.25) is 5.91 Å². The number of ether oxygens (including phenoxy) is 2. The van der Waals surface area contributed by atoms with Gasteiger partial charge < -0.3 is 29.4 Å². The molecule has 4 rings (SSSR count). The van der Waals surface area contributed by atoms with Crippen LogP contribution in [-0.2, 0) is 9.53 Å².